The van der Waals surface area contributed by atoms with Crippen molar-refractivity contribution in [3.8, 4) is 0 Å². The summed E-state index contributed by atoms with van der Waals surface area (Å²) in [4.78, 5) is 4.85. The largest absolute Gasteiger partial charge is 0.375 e. The number of benzene rings is 1. The summed E-state index contributed by atoms with van der Waals surface area (Å²) in [5.41, 5.74) is 1.26. The maximum atomic E-state index is 5.69. The van der Waals surface area contributed by atoms with E-state index in [-0.39, 0.29) is 0 Å². The van der Waals surface area contributed by atoms with Gasteiger partial charge in [-0.25, -0.2) is 0 Å². The Kier molecular flexibility index (Phi) is 4.98. The van der Waals surface area contributed by atoms with Gasteiger partial charge in [0, 0.05) is 32.7 Å². The molecule has 0 aliphatic carbocycles. The second kappa shape index (κ2) is 6.74. The highest BCUT2D eigenvalue weighted by Gasteiger charge is 2.12. The van der Waals surface area contributed by atoms with E-state index in [2.05, 4.69) is 41.1 Å². The van der Waals surface area contributed by atoms with Gasteiger partial charge < -0.3 is 9.64 Å². The van der Waals surface area contributed by atoms with Crippen LogP contribution in [0.5, 0.6) is 0 Å². The van der Waals surface area contributed by atoms with Gasteiger partial charge in [0.1, 0.15) is 0 Å². The molecule has 1 aromatic carbocycles. The second-order valence-electron chi connectivity index (χ2n) is 4.68. The van der Waals surface area contributed by atoms with Crippen molar-refractivity contribution in [3.05, 3.63) is 35.9 Å². The summed E-state index contributed by atoms with van der Waals surface area (Å²) in [5.74, 6) is 0. The molecule has 1 aliphatic rings. The van der Waals surface area contributed by atoms with E-state index < -0.39 is 0 Å². The molecule has 1 saturated heterocycles. The highest BCUT2D eigenvalue weighted by Crippen LogP contribution is 2.02. The molecular formula is C14H22N2O. The molecule has 1 fully saturated rings. The van der Waals surface area contributed by atoms with E-state index in [0.29, 0.717) is 0 Å². The third-order valence-corrected chi connectivity index (χ3v) is 3.26. The summed E-state index contributed by atoms with van der Waals surface area (Å²) in [5, 5.41) is 0. The molecule has 0 spiro atoms. The van der Waals surface area contributed by atoms with Crippen molar-refractivity contribution in [2.45, 2.75) is 6.61 Å². The highest BCUT2D eigenvalue weighted by molar-refractivity contribution is 5.13. The Morgan fingerprint density at radius 1 is 1.06 bits per heavy atom. The molecule has 1 heterocycles. The van der Waals surface area contributed by atoms with Crippen LogP contribution in [0.2, 0.25) is 0 Å². The van der Waals surface area contributed by atoms with Crippen LogP contribution in [-0.4, -0.2) is 56.2 Å². The molecule has 0 atom stereocenters. The SMILES string of the molecule is CN1CCN(CCOCc2ccccc2)CC1. The Balaban J connectivity index is 1.57. The predicted octanol–water partition coefficient (Wildman–Crippen LogP) is 1.45. The summed E-state index contributed by atoms with van der Waals surface area (Å²) in [6.07, 6.45) is 0. The number of ether oxygens (including phenoxy) is 1. The molecule has 0 bridgehead atoms. The second-order valence-corrected chi connectivity index (χ2v) is 4.68. The van der Waals surface area contributed by atoms with Gasteiger partial charge in [0.25, 0.3) is 0 Å². The fourth-order valence-electron chi connectivity index (χ4n) is 2.03. The van der Waals surface area contributed by atoms with Crippen LogP contribution in [0.4, 0.5) is 0 Å². The smallest absolute Gasteiger partial charge is 0.0717 e. The van der Waals surface area contributed by atoms with Gasteiger partial charge in [-0.3, -0.25) is 4.90 Å². The van der Waals surface area contributed by atoms with Crippen molar-refractivity contribution in [1.29, 1.82) is 0 Å². The van der Waals surface area contributed by atoms with Crippen LogP contribution in [0, 0.1) is 0 Å². The van der Waals surface area contributed by atoms with Crippen LogP contribution in [0.25, 0.3) is 0 Å². The van der Waals surface area contributed by atoms with E-state index in [4.69, 9.17) is 4.74 Å². The summed E-state index contributed by atoms with van der Waals surface area (Å²) in [7, 11) is 2.18. The van der Waals surface area contributed by atoms with Gasteiger partial charge in [0.2, 0.25) is 0 Å². The van der Waals surface area contributed by atoms with Crippen LogP contribution < -0.4 is 0 Å². The molecule has 1 aromatic rings. The number of rotatable bonds is 5. The number of hydrogen-bond donors (Lipinski definition) is 0. The molecule has 0 saturated carbocycles. The van der Waals surface area contributed by atoms with E-state index in [1.165, 1.54) is 31.7 Å². The Morgan fingerprint density at radius 2 is 1.76 bits per heavy atom. The van der Waals surface area contributed by atoms with Gasteiger partial charge in [0.15, 0.2) is 0 Å². The molecule has 0 radical (unpaired) electrons. The number of likely N-dealkylation sites (N-methyl/N-ethyl adjacent to an activating group) is 1. The molecule has 2 rings (SSSR count). The van der Waals surface area contributed by atoms with Gasteiger partial charge in [0.05, 0.1) is 13.2 Å². The third-order valence-electron chi connectivity index (χ3n) is 3.26. The van der Waals surface area contributed by atoms with Crippen molar-refractivity contribution in [2.75, 3.05) is 46.4 Å². The minimum atomic E-state index is 0.731. The Hall–Kier alpha value is -0.900. The fraction of sp³-hybridized carbons (Fsp3) is 0.571. The molecule has 0 aromatic heterocycles. The fourth-order valence-corrected chi connectivity index (χ4v) is 2.03. The van der Waals surface area contributed by atoms with E-state index in [1.54, 1.807) is 0 Å². The van der Waals surface area contributed by atoms with E-state index in [0.717, 1.165) is 19.8 Å². The maximum Gasteiger partial charge on any atom is 0.0717 e. The topological polar surface area (TPSA) is 15.7 Å². The first kappa shape index (κ1) is 12.6. The monoisotopic (exact) mass is 234 g/mol. The van der Waals surface area contributed by atoms with Crippen LogP contribution >= 0.6 is 0 Å². The number of hydrogen-bond acceptors (Lipinski definition) is 3. The first-order chi connectivity index (χ1) is 8.34. The molecule has 1 aliphatic heterocycles. The molecule has 0 unspecified atom stereocenters. The quantitative estimate of drug-likeness (QED) is 0.717. The summed E-state index contributed by atoms with van der Waals surface area (Å²) in [6, 6.07) is 10.4. The van der Waals surface area contributed by atoms with Gasteiger partial charge in [-0.15, -0.1) is 0 Å². The Bertz CT molecular complexity index is 307. The predicted molar refractivity (Wildman–Crippen MR) is 70.0 cm³/mol. The van der Waals surface area contributed by atoms with E-state index >= 15 is 0 Å². The molecule has 94 valence electrons. The van der Waals surface area contributed by atoms with Crippen molar-refractivity contribution >= 4 is 0 Å². The molecule has 0 N–H and O–H groups in total. The van der Waals surface area contributed by atoms with Gasteiger partial charge in [-0.2, -0.15) is 0 Å². The molecule has 3 nitrogen and oxygen atoms in total. The zero-order chi connectivity index (χ0) is 11.9. The highest BCUT2D eigenvalue weighted by atomic mass is 16.5. The van der Waals surface area contributed by atoms with Crippen molar-refractivity contribution in [3.63, 3.8) is 0 Å². The first-order valence-electron chi connectivity index (χ1n) is 6.37. The average molecular weight is 234 g/mol. The van der Waals surface area contributed by atoms with E-state index in [9.17, 15) is 0 Å². The molecule has 17 heavy (non-hydrogen) atoms. The van der Waals surface area contributed by atoms with Crippen molar-refractivity contribution in [1.82, 2.24) is 9.80 Å². The molecule has 3 heteroatoms. The van der Waals surface area contributed by atoms with E-state index in [1.807, 2.05) is 6.07 Å². The lowest BCUT2D eigenvalue weighted by Gasteiger charge is -2.32. The summed E-state index contributed by atoms with van der Waals surface area (Å²) >= 11 is 0. The normalized spacial score (nSPS) is 18.4. The minimum Gasteiger partial charge on any atom is -0.375 e. The summed E-state index contributed by atoms with van der Waals surface area (Å²) in [6.45, 7) is 7.32. The lowest BCUT2D eigenvalue weighted by Crippen LogP contribution is -2.45. The minimum absolute atomic E-state index is 0.731. The van der Waals surface area contributed by atoms with Crippen molar-refractivity contribution in [2.24, 2.45) is 0 Å². The first-order valence-corrected chi connectivity index (χ1v) is 6.37. The van der Waals surface area contributed by atoms with Crippen LogP contribution in [0.15, 0.2) is 30.3 Å². The van der Waals surface area contributed by atoms with Gasteiger partial charge in [-0.1, -0.05) is 30.3 Å². The Morgan fingerprint density at radius 3 is 2.47 bits per heavy atom. The number of nitrogens with zero attached hydrogens (tertiary/aromatic N) is 2. The number of piperazine rings is 1. The summed E-state index contributed by atoms with van der Waals surface area (Å²) < 4.78 is 5.69. The zero-order valence-electron chi connectivity index (χ0n) is 10.6. The molecular weight excluding hydrogens is 212 g/mol. The average Bonchev–Trinajstić information content (AvgIpc) is 2.38. The lowest BCUT2D eigenvalue weighted by molar-refractivity contribution is 0.0738. The third kappa shape index (κ3) is 4.46. The van der Waals surface area contributed by atoms with Crippen LogP contribution in [0.3, 0.4) is 0 Å². The maximum absolute atomic E-state index is 5.69. The van der Waals surface area contributed by atoms with Crippen LogP contribution in [-0.2, 0) is 11.3 Å². The van der Waals surface area contributed by atoms with Gasteiger partial charge in [-0.05, 0) is 12.6 Å². The lowest BCUT2D eigenvalue weighted by atomic mass is 10.2. The zero-order valence-corrected chi connectivity index (χ0v) is 10.6. The van der Waals surface area contributed by atoms with Crippen LogP contribution in [0.1, 0.15) is 5.56 Å². The standard InChI is InChI=1S/C14H22N2O/c1-15-7-9-16(10-8-15)11-12-17-13-14-5-3-2-4-6-14/h2-6H,7-13H2,1H3. The van der Waals surface area contributed by atoms with Crippen molar-refractivity contribution < 1.29 is 4.74 Å². The Labute approximate surface area is 104 Å². The molecule has 0 amide bonds. The van der Waals surface area contributed by atoms with Gasteiger partial charge >= 0.3 is 0 Å².